The second kappa shape index (κ2) is 5.82. The molecule has 4 atom stereocenters. The molecule has 19 heavy (non-hydrogen) atoms. The van der Waals surface area contributed by atoms with Crippen molar-refractivity contribution in [1.29, 1.82) is 0 Å². The van der Waals surface area contributed by atoms with Crippen molar-refractivity contribution in [1.82, 2.24) is 10.2 Å². The first-order valence-corrected chi connectivity index (χ1v) is 8.09. The molecule has 1 aliphatic heterocycles. The van der Waals surface area contributed by atoms with Gasteiger partial charge in [0.15, 0.2) is 0 Å². The summed E-state index contributed by atoms with van der Waals surface area (Å²) in [4.78, 5) is 14.8. The van der Waals surface area contributed by atoms with Crippen molar-refractivity contribution in [3.63, 3.8) is 0 Å². The highest BCUT2D eigenvalue weighted by atomic mass is 16.2. The van der Waals surface area contributed by atoms with Gasteiger partial charge < -0.3 is 4.90 Å². The van der Waals surface area contributed by atoms with Gasteiger partial charge in [-0.05, 0) is 44.4 Å². The van der Waals surface area contributed by atoms with Crippen LogP contribution in [0.3, 0.4) is 0 Å². The predicted molar refractivity (Wildman–Crippen MR) is 78.7 cm³/mol. The van der Waals surface area contributed by atoms with Crippen LogP contribution in [0, 0.1) is 11.8 Å². The van der Waals surface area contributed by atoms with Crippen molar-refractivity contribution >= 4 is 5.91 Å². The van der Waals surface area contributed by atoms with Gasteiger partial charge in [0.25, 0.3) is 0 Å². The second-order valence-electron chi connectivity index (χ2n) is 6.85. The molecule has 2 rings (SSSR count). The van der Waals surface area contributed by atoms with Gasteiger partial charge in [0.05, 0.1) is 11.7 Å². The molecule has 0 spiro atoms. The first-order valence-electron chi connectivity index (χ1n) is 8.09. The van der Waals surface area contributed by atoms with E-state index >= 15 is 0 Å². The van der Waals surface area contributed by atoms with E-state index in [1.54, 1.807) is 0 Å². The molecule has 3 heteroatoms. The topological polar surface area (TPSA) is 32.3 Å². The zero-order valence-corrected chi connectivity index (χ0v) is 13.0. The second-order valence-corrected chi connectivity index (χ2v) is 6.85. The number of carbonyl (C=O) groups is 1. The van der Waals surface area contributed by atoms with Crippen LogP contribution in [0.2, 0.25) is 0 Å². The molecule has 1 heterocycles. The Bertz CT molecular complexity index is 331. The molecule has 110 valence electrons. The lowest BCUT2D eigenvalue weighted by Crippen LogP contribution is -2.43. The summed E-state index contributed by atoms with van der Waals surface area (Å²) < 4.78 is 0. The lowest BCUT2D eigenvalue weighted by atomic mass is 9.82. The Kier molecular flexibility index (Phi) is 4.54. The van der Waals surface area contributed by atoms with E-state index < -0.39 is 0 Å². The van der Waals surface area contributed by atoms with E-state index in [0.717, 1.165) is 25.3 Å². The summed E-state index contributed by atoms with van der Waals surface area (Å²) in [5.74, 6) is 1.87. The Labute approximate surface area is 118 Å². The number of hydrogen-bond acceptors (Lipinski definition) is 2. The monoisotopic (exact) mass is 266 g/mol. The molecule has 0 radical (unpaired) electrons. The van der Waals surface area contributed by atoms with Crippen molar-refractivity contribution in [2.24, 2.45) is 11.8 Å². The Hall–Kier alpha value is -0.570. The third kappa shape index (κ3) is 2.96. The Balaban J connectivity index is 2.03. The third-order valence-corrected chi connectivity index (χ3v) is 5.19. The van der Waals surface area contributed by atoms with E-state index in [-0.39, 0.29) is 11.7 Å². The summed E-state index contributed by atoms with van der Waals surface area (Å²) in [6.45, 7) is 9.64. The number of nitrogens with zero attached hydrogens (tertiary/aromatic N) is 1. The minimum atomic E-state index is -0.332. The molecule has 0 aromatic heterocycles. The maximum absolute atomic E-state index is 12.6. The largest absolute Gasteiger partial charge is 0.325 e. The maximum atomic E-state index is 12.6. The molecule has 2 fully saturated rings. The number of amides is 1. The summed E-state index contributed by atoms with van der Waals surface area (Å²) in [5.41, 5.74) is -0.332. The SMILES string of the molecule is CCC1NC(C)(CC)C(=O)N1CC1CCCC(C)C1. The lowest BCUT2D eigenvalue weighted by molar-refractivity contribution is -0.133. The predicted octanol–water partition coefficient (Wildman–Crippen LogP) is 3.15. The van der Waals surface area contributed by atoms with Gasteiger partial charge in [-0.15, -0.1) is 0 Å². The normalized spacial score (nSPS) is 39.9. The summed E-state index contributed by atoms with van der Waals surface area (Å²) in [5, 5.41) is 3.54. The van der Waals surface area contributed by atoms with Crippen LogP contribution >= 0.6 is 0 Å². The molecule has 1 aliphatic carbocycles. The minimum absolute atomic E-state index is 0.245. The highest BCUT2D eigenvalue weighted by Gasteiger charge is 2.46. The smallest absolute Gasteiger partial charge is 0.243 e. The summed E-state index contributed by atoms with van der Waals surface area (Å²) >= 11 is 0. The molecule has 1 saturated carbocycles. The molecular weight excluding hydrogens is 236 g/mol. The number of carbonyl (C=O) groups excluding carboxylic acids is 1. The van der Waals surface area contributed by atoms with Crippen LogP contribution < -0.4 is 5.32 Å². The lowest BCUT2D eigenvalue weighted by Gasteiger charge is -2.32. The fourth-order valence-electron chi connectivity index (χ4n) is 3.76. The van der Waals surface area contributed by atoms with Gasteiger partial charge in [-0.25, -0.2) is 0 Å². The van der Waals surface area contributed by atoms with Crippen molar-refractivity contribution in [3.05, 3.63) is 0 Å². The van der Waals surface area contributed by atoms with Crippen molar-refractivity contribution in [3.8, 4) is 0 Å². The van der Waals surface area contributed by atoms with Crippen molar-refractivity contribution in [2.75, 3.05) is 6.54 Å². The van der Waals surface area contributed by atoms with Gasteiger partial charge in [-0.2, -0.15) is 0 Å². The molecule has 1 amide bonds. The van der Waals surface area contributed by atoms with Gasteiger partial charge in [0.2, 0.25) is 5.91 Å². The van der Waals surface area contributed by atoms with E-state index in [1.165, 1.54) is 25.7 Å². The third-order valence-electron chi connectivity index (χ3n) is 5.19. The maximum Gasteiger partial charge on any atom is 0.243 e. The average molecular weight is 266 g/mol. The van der Waals surface area contributed by atoms with Crippen LogP contribution in [-0.4, -0.2) is 29.1 Å². The summed E-state index contributed by atoms with van der Waals surface area (Å²) in [6.07, 6.45) is 7.42. The van der Waals surface area contributed by atoms with Crippen LogP contribution in [-0.2, 0) is 4.79 Å². The molecule has 0 aromatic carbocycles. The average Bonchev–Trinajstić information content (AvgIpc) is 2.64. The molecule has 0 aromatic rings. The highest BCUT2D eigenvalue weighted by Crippen LogP contribution is 2.32. The molecule has 1 saturated heterocycles. The van der Waals surface area contributed by atoms with Gasteiger partial charge in [-0.3, -0.25) is 10.1 Å². The fourth-order valence-corrected chi connectivity index (χ4v) is 3.76. The number of hydrogen-bond donors (Lipinski definition) is 1. The first-order chi connectivity index (χ1) is 9.00. The fraction of sp³-hybridized carbons (Fsp3) is 0.938. The molecule has 1 N–H and O–H groups in total. The molecular formula is C16H30N2O. The standard InChI is InChI=1S/C16H30N2O/c1-5-14-17-16(4,6-2)15(19)18(14)11-13-9-7-8-12(3)10-13/h12-14,17H,5-11H2,1-4H3. The molecule has 2 aliphatic rings. The summed E-state index contributed by atoms with van der Waals surface area (Å²) in [6, 6.07) is 0. The van der Waals surface area contributed by atoms with E-state index in [1.807, 2.05) is 0 Å². The van der Waals surface area contributed by atoms with E-state index in [2.05, 4.69) is 37.9 Å². The quantitative estimate of drug-likeness (QED) is 0.848. The van der Waals surface area contributed by atoms with Crippen LogP contribution in [0.15, 0.2) is 0 Å². The van der Waals surface area contributed by atoms with Crippen LogP contribution in [0.5, 0.6) is 0 Å². The van der Waals surface area contributed by atoms with E-state index in [9.17, 15) is 4.79 Å². The first kappa shape index (κ1) is 14.8. The Morgan fingerprint density at radius 1 is 1.37 bits per heavy atom. The van der Waals surface area contributed by atoms with Gasteiger partial charge in [0.1, 0.15) is 0 Å². The Morgan fingerprint density at radius 2 is 2.11 bits per heavy atom. The van der Waals surface area contributed by atoms with Crippen molar-refractivity contribution in [2.45, 2.75) is 77.9 Å². The number of rotatable bonds is 4. The zero-order chi connectivity index (χ0) is 14.0. The van der Waals surface area contributed by atoms with E-state index in [4.69, 9.17) is 0 Å². The van der Waals surface area contributed by atoms with Gasteiger partial charge in [-0.1, -0.05) is 33.6 Å². The Morgan fingerprint density at radius 3 is 2.68 bits per heavy atom. The minimum Gasteiger partial charge on any atom is -0.325 e. The molecule has 3 nitrogen and oxygen atoms in total. The van der Waals surface area contributed by atoms with Gasteiger partial charge in [0, 0.05) is 6.54 Å². The van der Waals surface area contributed by atoms with Crippen LogP contribution in [0.25, 0.3) is 0 Å². The molecule has 4 unspecified atom stereocenters. The number of nitrogens with one attached hydrogen (secondary N) is 1. The zero-order valence-electron chi connectivity index (χ0n) is 13.0. The van der Waals surface area contributed by atoms with E-state index in [0.29, 0.717) is 11.8 Å². The summed E-state index contributed by atoms with van der Waals surface area (Å²) in [7, 11) is 0. The van der Waals surface area contributed by atoms with Crippen LogP contribution in [0.1, 0.15) is 66.2 Å². The van der Waals surface area contributed by atoms with Gasteiger partial charge >= 0.3 is 0 Å². The van der Waals surface area contributed by atoms with Crippen LogP contribution in [0.4, 0.5) is 0 Å². The van der Waals surface area contributed by atoms with Crippen molar-refractivity contribution < 1.29 is 4.79 Å². The highest BCUT2D eigenvalue weighted by molar-refractivity contribution is 5.88. The molecule has 0 bridgehead atoms.